The van der Waals surface area contributed by atoms with Crippen molar-refractivity contribution in [3.8, 4) is 0 Å². The number of aliphatic hydroxyl groups excluding tert-OH is 1. The molecule has 5 nitrogen and oxygen atoms in total. The van der Waals surface area contributed by atoms with Crippen LogP contribution in [0.2, 0.25) is 0 Å². The summed E-state index contributed by atoms with van der Waals surface area (Å²) in [5, 5.41) is 8.33. The molecule has 11 heavy (non-hydrogen) atoms. The number of amides is 1. The van der Waals surface area contributed by atoms with Gasteiger partial charge in [0.15, 0.2) is 0 Å². The highest BCUT2D eigenvalue weighted by Gasteiger charge is 2.28. The number of Topliss-reactive ketones (excluding diaryl/α,β-unsaturated/α-hetero) is 2. The standard InChI is InChI=1S/C6H3NO4/c8-2-3-1-7-6(11)5(10)4(3)9/h1-2,8H. The number of nitrogens with zero attached hydrogens (tertiary/aromatic N) is 1. The predicted octanol–water partition coefficient (Wildman–Crippen LogP) is -0.823. The fourth-order valence-corrected chi connectivity index (χ4v) is 0.566. The van der Waals surface area contributed by atoms with Crippen molar-refractivity contribution >= 4 is 23.7 Å². The molecule has 1 aliphatic rings. The Bertz CT molecular complexity index is 300. The van der Waals surface area contributed by atoms with Gasteiger partial charge in [0.1, 0.15) is 0 Å². The molecule has 1 heterocycles. The van der Waals surface area contributed by atoms with Crippen LogP contribution in [0.4, 0.5) is 0 Å². The first kappa shape index (κ1) is 7.33. The molecule has 1 amide bonds. The van der Waals surface area contributed by atoms with E-state index in [4.69, 9.17) is 5.11 Å². The van der Waals surface area contributed by atoms with Gasteiger partial charge in [-0.3, -0.25) is 14.4 Å². The van der Waals surface area contributed by atoms with Crippen LogP contribution in [0.15, 0.2) is 16.8 Å². The first-order chi connectivity index (χ1) is 5.16. The van der Waals surface area contributed by atoms with Crippen LogP contribution in [0.1, 0.15) is 0 Å². The minimum Gasteiger partial charge on any atom is -0.515 e. The van der Waals surface area contributed by atoms with E-state index in [1.54, 1.807) is 0 Å². The third-order valence-corrected chi connectivity index (χ3v) is 1.12. The van der Waals surface area contributed by atoms with E-state index in [-0.39, 0.29) is 5.57 Å². The van der Waals surface area contributed by atoms with Crippen molar-refractivity contribution in [1.29, 1.82) is 0 Å². The Morgan fingerprint density at radius 2 is 1.91 bits per heavy atom. The number of carbonyl (C=O) groups is 3. The Morgan fingerprint density at radius 3 is 2.45 bits per heavy atom. The summed E-state index contributed by atoms with van der Waals surface area (Å²) in [6.07, 6.45) is 1.29. The lowest BCUT2D eigenvalue weighted by Crippen LogP contribution is -2.28. The maximum Gasteiger partial charge on any atom is 0.321 e. The molecule has 0 saturated heterocycles. The minimum absolute atomic E-state index is 0.269. The number of hydrogen-bond donors (Lipinski definition) is 1. The van der Waals surface area contributed by atoms with E-state index in [0.717, 1.165) is 6.21 Å². The Balaban J connectivity index is 3.14. The zero-order chi connectivity index (χ0) is 8.43. The lowest BCUT2D eigenvalue weighted by Gasteiger charge is -2.00. The first-order valence-electron chi connectivity index (χ1n) is 2.68. The molecule has 0 radical (unpaired) electrons. The van der Waals surface area contributed by atoms with E-state index in [2.05, 4.69) is 4.99 Å². The number of allylic oxidation sites excluding steroid dienone is 1. The average Bonchev–Trinajstić information content (AvgIpc) is 2.01. The van der Waals surface area contributed by atoms with Gasteiger partial charge in [-0.15, -0.1) is 0 Å². The van der Waals surface area contributed by atoms with Crippen molar-refractivity contribution in [3.05, 3.63) is 11.8 Å². The molecule has 0 unspecified atom stereocenters. The molecule has 1 aliphatic heterocycles. The maximum absolute atomic E-state index is 10.7. The van der Waals surface area contributed by atoms with E-state index in [9.17, 15) is 14.4 Å². The smallest absolute Gasteiger partial charge is 0.321 e. The highest BCUT2D eigenvalue weighted by molar-refractivity contribution is 6.70. The Hall–Kier alpha value is -1.78. The maximum atomic E-state index is 10.7. The van der Waals surface area contributed by atoms with Gasteiger partial charge >= 0.3 is 5.91 Å². The Morgan fingerprint density at radius 1 is 1.27 bits per heavy atom. The van der Waals surface area contributed by atoms with E-state index in [1.807, 2.05) is 0 Å². The zero-order valence-electron chi connectivity index (χ0n) is 5.27. The lowest BCUT2D eigenvalue weighted by molar-refractivity contribution is -0.142. The number of rotatable bonds is 0. The predicted molar refractivity (Wildman–Crippen MR) is 34.2 cm³/mol. The van der Waals surface area contributed by atoms with Crippen molar-refractivity contribution < 1.29 is 19.5 Å². The van der Waals surface area contributed by atoms with Gasteiger partial charge in [-0.2, -0.15) is 0 Å². The topological polar surface area (TPSA) is 83.8 Å². The third kappa shape index (κ3) is 1.07. The molecule has 0 aromatic carbocycles. The zero-order valence-corrected chi connectivity index (χ0v) is 5.27. The van der Waals surface area contributed by atoms with Gasteiger partial charge in [-0.05, 0) is 0 Å². The monoisotopic (exact) mass is 153 g/mol. The van der Waals surface area contributed by atoms with Crippen LogP contribution in [0.25, 0.3) is 0 Å². The van der Waals surface area contributed by atoms with Crippen molar-refractivity contribution in [3.63, 3.8) is 0 Å². The van der Waals surface area contributed by atoms with Crippen molar-refractivity contribution in [1.82, 2.24) is 0 Å². The van der Waals surface area contributed by atoms with Gasteiger partial charge < -0.3 is 5.11 Å². The second-order valence-electron chi connectivity index (χ2n) is 1.81. The highest BCUT2D eigenvalue weighted by atomic mass is 16.2. The second kappa shape index (κ2) is 2.45. The number of carbonyl (C=O) groups excluding carboxylic acids is 3. The molecule has 0 spiro atoms. The number of hydrogen-bond acceptors (Lipinski definition) is 4. The molecular formula is C6H3NO4. The van der Waals surface area contributed by atoms with Gasteiger partial charge in [0.25, 0.3) is 5.78 Å². The van der Waals surface area contributed by atoms with E-state index < -0.39 is 17.5 Å². The lowest BCUT2D eigenvalue weighted by atomic mass is 10.1. The number of aliphatic imine (C=N–C) groups is 1. The second-order valence-corrected chi connectivity index (χ2v) is 1.81. The summed E-state index contributed by atoms with van der Waals surface area (Å²) in [5.41, 5.74) is -0.269. The summed E-state index contributed by atoms with van der Waals surface area (Å²) < 4.78 is 0. The van der Waals surface area contributed by atoms with Gasteiger partial charge in [0.05, 0.1) is 11.8 Å². The molecule has 0 atom stereocenters. The summed E-state index contributed by atoms with van der Waals surface area (Å²) >= 11 is 0. The molecule has 1 N–H and O–H groups in total. The van der Waals surface area contributed by atoms with Crippen LogP contribution in [0.3, 0.4) is 0 Å². The molecule has 0 bridgehead atoms. The van der Waals surface area contributed by atoms with Crippen LogP contribution >= 0.6 is 0 Å². The summed E-state index contributed by atoms with van der Waals surface area (Å²) in [4.78, 5) is 34.6. The van der Waals surface area contributed by atoms with E-state index >= 15 is 0 Å². The third-order valence-electron chi connectivity index (χ3n) is 1.12. The molecule has 0 aliphatic carbocycles. The molecule has 0 fully saturated rings. The highest BCUT2D eigenvalue weighted by Crippen LogP contribution is 2.00. The summed E-state index contributed by atoms with van der Waals surface area (Å²) in [6, 6.07) is 0. The molecular weight excluding hydrogens is 150 g/mol. The van der Waals surface area contributed by atoms with Gasteiger partial charge in [0.2, 0.25) is 5.78 Å². The number of ketones is 2. The van der Waals surface area contributed by atoms with Crippen LogP contribution in [0.5, 0.6) is 0 Å². The van der Waals surface area contributed by atoms with Crippen molar-refractivity contribution in [2.24, 2.45) is 4.99 Å². The van der Waals surface area contributed by atoms with Gasteiger partial charge in [-0.1, -0.05) is 0 Å². The molecule has 0 saturated carbocycles. The summed E-state index contributed by atoms with van der Waals surface area (Å²) in [6.45, 7) is 0. The quantitative estimate of drug-likeness (QED) is 0.280. The van der Waals surface area contributed by atoms with Crippen LogP contribution in [-0.2, 0) is 14.4 Å². The fraction of sp³-hybridized carbons (Fsp3) is 0. The fourth-order valence-electron chi connectivity index (χ4n) is 0.566. The number of aliphatic hydroxyl groups is 1. The van der Waals surface area contributed by atoms with Gasteiger partial charge in [0, 0.05) is 6.21 Å². The molecule has 1 rings (SSSR count). The molecule has 0 aromatic heterocycles. The summed E-state index contributed by atoms with van der Waals surface area (Å²) in [5.74, 6) is -3.33. The Labute approximate surface area is 61.0 Å². The molecule has 0 aromatic rings. The SMILES string of the molecule is O=C1N=CC(=CO)C(=O)C1=O. The van der Waals surface area contributed by atoms with E-state index in [1.165, 1.54) is 0 Å². The Kier molecular flexibility index (Phi) is 1.63. The van der Waals surface area contributed by atoms with Gasteiger partial charge in [-0.25, -0.2) is 4.99 Å². The van der Waals surface area contributed by atoms with Crippen molar-refractivity contribution in [2.75, 3.05) is 0 Å². The molecule has 5 heteroatoms. The summed E-state index contributed by atoms with van der Waals surface area (Å²) in [7, 11) is 0. The van der Waals surface area contributed by atoms with Crippen LogP contribution < -0.4 is 0 Å². The molecule has 56 valence electrons. The van der Waals surface area contributed by atoms with Crippen molar-refractivity contribution in [2.45, 2.75) is 0 Å². The first-order valence-corrected chi connectivity index (χ1v) is 2.68. The van der Waals surface area contributed by atoms with Crippen LogP contribution in [0, 0.1) is 0 Å². The van der Waals surface area contributed by atoms with E-state index in [0.29, 0.717) is 6.26 Å². The van der Waals surface area contributed by atoms with Crippen LogP contribution in [-0.4, -0.2) is 28.8 Å². The largest absolute Gasteiger partial charge is 0.515 e. The average molecular weight is 153 g/mol. The normalized spacial score (nSPS) is 21.5. The minimum atomic E-state index is -1.22.